The van der Waals surface area contributed by atoms with Crippen LogP contribution in [0.25, 0.3) is 11.6 Å². The van der Waals surface area contributed by atoms with Crippen molar-refractivity contribution in [1.82, 2.24) is 0 Å². The van der Waals surface area contributed by atoms with Crippen LogP contribution in [0, 0.1) is 0 Å². The lowest BCUT2D eigenvalue weighted by atomic mass is 10.0. The number of nitrogens with one attached hydrogen (secondary N) is 1. The van der Waals surface area contributed by atoms with E-state index in [2.05, 4.69) is 10.1 Å². The van der Waals surface area contributed by atoms with Crippen LogP contribution in [0.1, 0.15) is 16.7 Å². The van der Waals surface area contributed by atoms with Gasteiger partial charge in [-0.2, -0.15) is 13.2 Å². The van der Waals surface area contributed by atoms with Crippen LogP contribution in [0.2, 0.25) is 0 Å². The fourth-order valence-electron chi connectivity index (χ4n) is 2.60. The number of amides is 1. The fourth-order valence-corrected chi connectivity index (χ4v) is 2.60. The maximum absolute atomic E-state index is 12.8. The Bertz CT molecular complexity index is 935. The SMILES string of the molecule is COC(=O)COc1ccccc1/C=C1\C(=O)Nc2cc(C(F)(F)F)ccc21. The van der Waals surface area contributed by atoms with Crippen molar-refractivity contribution in [3.63, 3.8) is 0 Å². The predicted molar refractivity (Wildman–Crippen MR) is 91.9 cm³/mol. The van der Waals surface area contributed by atoms with Gasteiger partial charge in [0.05, 0.1) is 12.7 Å². The number of benzene rings is 2. The summed E-state index contributed by atoms with van der Waals surface area (Å²) in [5, 5.41) is 2.44. The quantitative estimate of drug-likeness (QED) is 0.651. The Morgan fingerprint density at radius 3 is 2.63 bits per heavy atom. The van der Waals surface area contributed by atoms with Crippen LogP contribution in [-0.2, 0) is 20.5 Å². The minimum Gasteiger partial charge on any atom is -0.481 e. The maximum atomic E-state index is 12.8. The third-order valence-corrected chi connectivity index (χ3v) is 3.92. The van der Waals surface area contributed by atoms with Gasteiger partial charge >= 0.3 is 12.1 Å². The van der Waals surface area contributed by atoms with E-state index in [9.17, 15) is 22.8 Å². The molecule has 0 aliphatic carbocycles. The number of hydrogen-bond donors (Lipinski definition) is 1. The average molecular weight is 377 g/mol. The van der Waals surface area contributed by atoms with Crippen molar-refractivity contribution < 1.29 is 32.2 Å². The number of carbonyl (C=O) groups is 2. The summed E-state index contributed by atoms with van der Waals surface area (Å²) in [6, 6.07) is 9.73. The molecule has 1 amide bonds. The van der Waals surface area contributed by atoms with Crippen molar-refractivity contribution in [1.29, 1.82) is 0 Å². The lowest BCUT2D eigenvalue weighted by Crippen LogP contribution is -2.13. The molecule has 1 N–H and O–H groups in total. The third-order valence-electron chi connectivity index (χ3n) is 3.92. The first-order valence-electron chi connectivity index (χ1n) is 7.83. The van der Waals surface area contributed by atoms with Crippen LogP contribution in [0.15, 0.2) is 42.5 Å². The Kier molecular flexibility index (Phi) is 4.89. The van der Waals surface area contributed by atoms with E-state index in [1.165, 1.54) is 19.3 Å². The highest BCUT2D eigenvalue weighted by Gasteiger charge is 2.33. The number of rotatable bonds is 4. The topological polar surface area (TPSA) is 64.6 Å². The van der Waals surface area contributed by atoms with Crippen molar-refractivity contribution in [2.24, 2.45) is 0 Å². The highest BCUT2D eigenvalue weighted by molar-refractivity contribution is 6.35. The number of fused-ring (bicyclic) bond motifs is 1. The van der Waals surface area contributed by atoms with Gasteiger partial charge in [0.1, 0.15) is 5.75 Å². The molecular weight excluding hydrogens is 363 g/mol. The first-order chi connectivity index (χ1) is 12.8. The van der Waals surface area contributed by atoms with E-state index in [0.29, 0.717) is 16.9 Å². The van der Waals surface area contributed by atoms with Crippen molar-refractivity contribution in [2.45, 2.75) is 6.18 Å². The molecule has 2 aromatic rings. The predicted octanol–water partition coefficient (Wildman–Crippen LogP) is 3.75. The van der Waals surface area contributed by atoms with Crippen molar-refractivity contribution in [3.8, 4) is 5.75 Å². The summed E-state index contributed by atoms with van der Waals surface area (Å²) in [7, 11) is 1.23. The Balaban J connectivity index is 1.96. The Morgan fingerprint density at radius 2 is 1.93 bits per heavy atom. The van der Waals surface area contributed by atoms with Gasteiger partial charge in [0.25, 0.3) is 5.91 Å². The van der Waals surface area contributed by atoms with E-state index in [4.69, 9.17) is 4.74 Å². The molecule has 140 valence electrons. The highest BCUT2D eigenvalue weighted by atomic mass is 19.4. The van der Waals surface area contributed by atoms with Crippen molar-refractivity contribution >= 4 is 29.2 Å². The summed E-state index contributed by atoms with van der Waals surface area (Å²) < 4.78 is 48.4. The summed E-state index contributed by atoms with van der Waals surface area (Å²) in [4.78, 5) is 23.5. The van der Waals surface area contributed by atoms with Crippen molar-refractivity contribution in [3.05, 3.63) is 59.2 Å². The van der Waals surface area contributed by atoms with Gasteiger partial charge in [0, 0.05) is 22.4 Å². The standard InChI is InChI=1S/C19H14F3NO4/c1-26-17(24)10-27-16-5-3-2-4-11(16)8-14-13-7-6-12(19(20,21)22)9-15(13)23-18(14)25/h2-9H,10H2,1H3,(H,23,25)/b14-8-. The molecule has 0 spiro atoms. The molecule has 27 heavy (non-hydrogen) atoms. The van der Waals surface area contributed by atoms with Crippen LogP contribution in [0.4, 0.5) is 18.9 Å². The molecular formula is C19H14F3NO4. The number of alkyl halides is 3. The van der Waals surface area contributed by atoms with E-state index < -0.39 is 23.6 Å². The van der Waals surface area contributed by atoms with Gasteiger partial charge < -0.3 is 14.8 Å². The minimum atomic E-state index is -4.50. The molecule has 0 atom stereocenters. The van der Waals surface area contributed by atoms with Gasteiger partial charge in [0.2, 0.25) is 0 Å². The summed E-state index contributed by atoms with van der Waals surface area (Å²) in [5.41, 5.74) is 0.307. The monoisotopic (exact) mass is 377 g/mol. The molecule has 0 saturated carbocycles. The van der Waals surface area contributed by atoms with Gasteiger partial charge in [-0.05, 0) is 24.3 Å². The molecule has 0 unspecified atom stereocenters. The average Bonchev–Trinajstić information content (AvgIpc) is 2.94. The number of methoxy groups -OCH3 is 1. The first-order valence-corrected chi connectivity index (χ1v) is 7.83. The summed E-state index contributed by atoms with van der Waals surface area (Å²) in [6.45, 7) is -0.311. The smallest absolute Gasteiger partial charge is 0.416 e. The van der Waals surface area contributed by atoms with Crippen LogP contribution in [-0.4, -0.2) is 25.6 Å². The van der Waals surface area contributed by atoms with E-state index >= 15 is 0 Å². The lowest BCUT2D eigenvalue weighted by Gasteiger charge is -2.09. The van der Waals surface area contributed by atoms with Gasteiger partial charge in [-0.15, -0.1) is 0 Å². The Morgan fingerprint density at radius 1 is 1.19 bits per heavy atom. The number of carbonyl (C=O) groups excluding carboxylic acids is 2. The molecule has 0 radical (unpaired) electrons. The number of halogens is 3. The number of ether oxygens (including phenoxy) is 2. The summed E-state index contributed by atoms with van der Waals surface area (Å²) in [6.07, 6.45) is -3.00. The molecule has 2 aromatic carbocycles. The van der Waals surface area contributed by atoms with Gasteiger partial charge in [-0.1, -0.05) is 24.3 Å². The highest BCUT2D eigenvalue weighted by Crippen LogP contribution is 2.39. The molecule has 1 aliphatic rings. The van der Waals surface area contributed by atoms with E-state index in [0.717, 1.165) is 12.1 Å². The van der Waals surface area contributed by atoms with Crippen molar-refractivity contribution in [2.75, 3.05) is 19.0 Å². The molecule has 5 nitrogen and oxygen atoms in total. The zero-order valence-corrected chi connectivity index (χ0v) is 14.1. The molecule has 1 aliphatic heterocycles. The molecule has 0 bridgehead atoms. The molecule has 3 rings (SSSR count). The fraction of sp³-hybridized carbons (Fsp3) is 0.158. The summed E-state index contributed by atoms with van der Waals surface area (Å²) >= 11 is 0. The lowest BCUT2D eigenvalue weighted by molar-refractivity contribution is -0.143. The maximum Gasteiger partial charge on any atom is 0.416 e. The van der Waals surface area contributed by atoms with Crippen LogP contribution < -0.4 is 10.1 Å². The summed E-state index contributed by atoms with van der Waals surface area (Å²) in [5.74, 6) is -0.753. The minimum absolute atomic E-state index is 0.0917. The molecule has 0 saturated heterocycles. The van der Waals surface area contributed by atoms with Gasteiger partial charge in [-0.3, -0.25) is 4.79 Å². The first kappa shape index (κ1) is 18.5. The number of hydrogen-bond acceptors (Lipinski definition) is 4. The Hall–Kier alpha value is -3.29. The number of esters is 1. The molecule has 0 aromatic heterocycles. The van der Waals surface area contributed by atoms with Gasteiger partial charge in [-0.25, -0.2) is 4.79 Å². The molecule has 0 fully saturated rings. The number of para-hydroxylation sites is 1. The zero-order valence-electron chi connectivity index (χ0n) is 14.1. The number of anilines is 1. The Labute approximate surface area is 152 Å². The van der Waals surface area contributed by atoms with E-state index in [-0.39, 0.29) is 17.9 Å². The van der Waals surface area contributed by atoms with Crippen LogP contribution in [0.5, 0.6) is 5.75 Å². The van der Waals surface area contributed by atoms with E-state index in [1.807, 2.05) is 0 Å². The van der Waals surface area contributed by atoms with Crippen LogP contribution >= 0.6 is 0 Å². The molecule has 8 heteroatoms. The molecule has 1 heterocycles. The van der Waals surface area contributed by atoms with E-state index in [1.54, 1.807) is 24.3 Å². The zero-order chi connectivity index (χ0) is 19.6. The second-order valence-corrected chi connectivity index (χ2v) is 5.67. The second-order valence-electron chi connectivity index (χ2n) is 5.67. The van der Waals surface area contributed by atoms with Crippen LogP contribution in [0.3, 0.4) is 0 Å². The largest absolute Gasteiger partial charge is 0.481 e. The van der Waals surface area contributed by atoms with Gasteiger partial charge in [0.15, 0.2) is 6.61 Å². The normalized spacial score (nSPS) is 14.7. The second kappa shape index (κ2) is 7.14. The third kappa shape index (κ3) is 3.94.